The van der Waals surface area contributed by atoms with Gasteiger partial charge in [-0.3, -0.25) is 4.79 Å². The molecule has 9 heteroatoms. The van der Waals surface area contributed by atoms with Crippen LogP contribution < -0.4 is 15.8 Å². The molecule has 0 aliphatic rings. The van der Waals surface area contributed by atoms with E-state index in [0.717, 1.165) is 16.2 Å². The molecular formula is C11H20ClN3O3S2. The summed E-state index contributed by atoms with van der Waals surface area (Å²) in [6.07, 6.45) is 1.01. The van der Waals surface area contributed by atoms with Crippen molar-refractivity contribution >= 4 is 39.7 Å². The second-order valence-corrected chi connectivity index (χ2v) is 7.50. The highest BCUT2D eigenvalue weighted by Crippen LogP contribution is 2.20. The lowest BCUT2D eigenvalue weighted by Gasteiger charge is -2.05. The van der Waals surface area contributed by atoms with Crippen LogP contribution in [0.4, 0.5) is 0 Å². The molecular weight excluding hydrogens is 322 g/mol. The van der Waals surface area contributed by atoms with E-state index >= 15 is 0 Å². The van der Waals surface area contributed by atoms with Crippen LogP contribution in [-0.2, 0) is 21.4 Å². The number of halogens is 1. The Balaban J connectivity index is 0.00000361. The molecule has 1 aromatic rings. The van der Waals surface area contributed by atoms with Gasteiger partial charge in [-0.1, -0.05) is 0 Å². The minimum Gasteiger partial charge on any atom is -0.351 e. The van der Waals surface area contributed by atoms with Crippen molar-refractivity contribution in [2.45, 2.75) is 36.6 Å². The van der Waals surface area contributed by atoms with E-state index in [1.165, 1.54) is 13.1 Å². The molecule has 1 atom stereocenters. The van der Waals surface area contributed by atoms with Crippen molar-refractivity contribution < 1.29 is 13.2 Å². The van der Waals surface area contributed by atoms with E-state index in [9.17, 15) is 13.2 Å². The number of hydrogen-bond acceptors (Lipinski definition) is 5. The molecule has 0 aliphatic heterocycles. The third-order valence-corrected chi connectivity index (χ3v) is 5.45. The molecule has 0 aliphatic carbocycles. The van der Waals surface area contributed by atoms with Crippen LogP contribution in [0.5, 0.6) is 0 Å². The molecule has 0 fully saturated rings. The maximum absolute atomic E-state index is 11.5. The number of rotatable bonds is 7. The number of thiophene rings is 1. The molecule has 0 saturated heterocycles. The zero-order valence-electron chi connectivity index (χ0n) is 11.4. The third kappa shape index (κ3) is 6.19. The van der Waals surface area contributed by atoms with E-state index < -0.39 is 10.0 Å². The third-order valence-electron chi connectivity index (χ3n) is 2.46. The number of nitrogens with one attached hydrogen (secondary N) is 2. The summed E-state index contributed by atoms with van der Waals surface area (Å²) in [6.45, 7) is 2.18. The predicted molar refractivity (Wildman–Crippen MR) is 82.5 cm³/mol. The Morgan fingerprint density at radius 2 is 2.10 bits per heavy atom. The van der Waals surface area contributed by atoms with Gasteiger partial charge in [-0.15, -0.1) is 23.7 Å². The molecule has 116 valence electrons. The van der Waals surface area contributed by atoms with Gasteiger partial charge >= 0.3 is 0 Å². The lowest BCUT2D eigenvalue weighted by atomic mass is 10.2. The minimum atomic E-state index is -3.40. The van der Waals surface area contributed by atoms with Crippen LogP contribution in [-0.4, -0.2) is 27.4 Å². The van der Waals surface area contributed by atoms with E-state index in [1.54, 1.807) is 6.07 Å². The molecule has 6 nitrogen and oxygen atoms in total. The van der Waals surface area contributed by atoms with Crippen LogP contribution in [0.3, 0.4) is 0 Å². The first-order valence-electron chi connectivity index (χ1n) is 5.89. The number of nitrogens with two attached hydrogens (primary N) is 1. The summed E-state index contributed by atoms with van der Waals surface area (Å²) in [7, 11) is -2.03. The number of carbonyl (C=O) groups is 1. The smallest absolute Gasteiger partial charge is 0.249 e. The van der Waals surface area contributed by atoms with Crippen molar-refractivity contribution in [3.05, 3.63) is 17.0 Å². The number of sulfonamides is 1. The fourth-order valence-electron chi connectivity index (χ4n) is 1.33. The number of hydrogen-bond donors (Lipinski definition) is 3. The molecule has 0 radical (unpaired) electrons. The maximum atomic E-state index is 11.5. The second kappa shape index (κ2) is 8.58. The molecule has 4 N–H and O–H groups in total. The van der Waals surface area contributed by atoms with Crippen molar-refractivity contribution in [1.82, 2.24) is 10.0 Å². The standard InChI is InChI=1S/C11H19N3O3S2.ClH/c1-8(12)3-5-10(15)14-7-9-4-6-11(18-9)19(16,17)13-2;/h4,6,8,13H,3,5,7,12H2,1-2H3,(H,14,15);1H. The van der Waals surface area contributed by atoms with Crippen LogP contribution in [0, 0.1) is 0 Å². The highest BCUT2D eigenvalue weighted by Gasteiger charge is 2.14. The average molecular weight is 342 g/mol. The van der Waals surface area contributed by atoms with Gasteiger partial charge in [0.25, 0.3) is 0 Å². The summed E-state index contributed by atoms with van der Waals surface area (Å²) in [6, 6.07) is 3.22. The van der Waals surface area contributed by atoms with Gasteiger partial charge < -0.3 is 11.1 Å². The van der Waals surface area contributed by atoms with Gasteiger partial charge in [-0.05, 0) is 32.5 Å². The monoisotopic (exact) mass is 341 g/mol. The SMILES string of the molecule is CNS(=O)(=O)c1ccc(CNC(=O)CCC(C)N)s1.Cl. The first-order chi connectivity index (χ1) is 8.85. The Bertz CT molecular complexity index is 529. The van der Waals surface area contributed by atoms with Crippen LogP contribution in [0.2, 0.25) is 0 Å². The molecule has 1 heterocycles. The summed E-state index contributed by atoms with van der Waals surface area (Å²) in [5, 5.41) is 2.74. The van der Waals surface area contributed by atoms with Crippen molar-refractivity contribution in [1.29, 1.82) is 0 Å². The van der Waals surface area contributed by atoms with E-state index in [0.29, 0.717) is 19.4 Å². The molecule has 1 unspecified atom stereocenters. The van der Waals surface area contributed by atoms with Gasteiger partial charge in [-0.2, -0.15) is 0 Å². The molecule has 0 spiro atoms. The highest BCUT2D eigenvalue weighted by molar-refractivity contribution is 7.91. The largest absolute Gasteiger partial charge is 0.351 e. The lowest BCUT2D eigenvalue weighted by Crippen LogP contribution is -2.25. The summed E-state index contributed by atoms with van der Waals surface area (Å²) in [5.41, 5.74) is 5.56. The Hall–Kier alpha value is -0.670. The summed E-state index contributed by atoms with van der Waals surface area (Å²) < 4.78 is 25.6. The first-order valence-corrected chi connectivity index (χ1v) is 8.19. The van der Waals surface area contributed by atoms with E-state index in [1.807, 2.05) is 6.92 Å². The Morgan fingerprint density at radius 1 is 1.45 bits per heavy atom. The van der Waals surface area contributed by atoms with E-state index in [2.05, 4.69) is 10.0 Å². The summed E-state index contributed by atoms with van der Waals surface area (Å²) >= 11 is 1.14. The number of carbonyl (C=O) groups excluding carboxylic acids is 1. The molecule has 0 bridgehead atoms. The average Bonchev–Trinajstić information content (AvgIpc) is 2.83. The Morgan fingerprint density at radius 3 is 2.65 bits per heavy atom. The Kier molecular flexibility index (Phi) is 8.29. The maximum Gasteiger partial charge on any atom is 0.249 e. The van der Waals surface area contributed by atoms with Gasteiger partial charge in [0.05, 0.1) is 6.54 Å². The molecule has 0 aromatic carbocycles. The summed E-state index contributed by atoms with van der Waals surface area (Å²) in [4.78, 5) is 12.3. The summed E-state index contributed by atoms with van der Waals surface area (Å²) in [5.74, 6) is -0.0799. The predicted octanol–water partition coefficient (Wildman–Crippen LogP) is 0.822. The zero-order valence-corrected chi connectivity index (χ0v) is 13.8. The van der Waals surface area contributed by atoms with Crippen molar-refractivity contribution in [2.75, 3.05) is 7.05 Å². The second-order valence-electron chi connectivity index (χ2n) is 4.22. The van der Waals surface area contributed by atoms with Crippen molar-refractivity contribution in [3.63, 3.8) is 0 Å². The normalized spacial score (nSPS) is 12.6. The van der Waals surface area contributed by atoms with E-state index in [-0.39, 0.29) is 28.6 Å². The fraction of sp³-hybridized carbons (Fsp3) is 0.545. The van der Waals surface area contributed by atoms with Gasteiger partial charge in [0.15, 0.2) is 0 Å². The van der Waals surface area contributed by atoms with Crippen LogP contribution in [0.15, 0.2) is 16.3 Å². The molecule has 20 heavy (non-hydrogen) atoms. The van der Waals surface area contributed by atoms with Gasteiger partial charge in [-0.25, -0.2) is 13.1 Å². The molecule has 1 aromatic heterocycles. The number of amides is 1. The minimum absolute atomic E-state index is 0. The van der Waals surface area contributed by atoms with Crippen LogP contribution >= 0.6 is 23.7 Å². The van der Waals surface area contributed by atoms with Gasteiger partial charge in [0.2, 0.25) is 15.9 Å². The van der Waals surface area contributed by atoms with Gasteiger partial charge in [0.1, 0.15) is 4.21 Å². The first kappa shape index (κ1) is 19.3. The fourth-order valence-corrected chi connectivity index (χ4v) is 3.46. The van der Waals surface area contributed by atoms with Crippen molar-refractivity contribution in [2.24, 2.45) is 5.73 Å². The molecule has 1 rings (SSSR count). The highest BCUT2D eigenvalue weighted by atomic mass is 35.5. The van der Waals surface area contributed by atoms with E-state index in [4.69, 9.17) is 5.73 Å². The Labute approximate surface area is 129 Å². The quantitative estimate of drug-likeness (QED) is 0.683. The lowest BCUT2D eigenvalue weighted by molar-refractivity contribution is -0.121. The van der Waals surface area contributed by atoms with Crippen molar-refractivity contribution in [3.8, 4) is 0 Å². The van der Waals surface area contributed by atoms with Crippen LogP contribution in [0.25, 0.3) is 0 Å². The van der Waals surface area contributed by atoms with Gasteiger partial charge in [0, 0.05) is 17.3 Å². The van der Waals surface area contributed by atoms with Crippen LogP contribution in [0.1, 0.15) is 24.6 Å². The molecule has 0 saturated carbocycles. The molecule has 1 amide bonds. The zero-order chi connectivity index (χ0) is 14.5. The topological polar surface area (TPSA) is 101 Å².